The zero-order valence-corrected chi connectivity index (χ0v) is 13.3. The molecule has 1 heterocycles. The molecule has 19 heavy (non-hydrogen) atoms. The first-order chi connectivity index (χ1) is 8.98. The van der Waals surface area contributed by atoms with Gasteiger partial charge in [-0.2, -0.15) is 0 Å². The van der Waals surface area contributed by atoms with Crippen molar-refractivity contribution in [3.05, 3.63) is 26.9 Å². The van der Waals surface area contributed by atoms with E-state index in [4.69, 9.17) is 0 Å². The highest BCUT2D eigenvalue weighted by Gasteiger charge is 2.32. The van der Waals surface area contributed by atoms with E-state index in [-0.39, 0.29) is 5.91 Å². The minimum absolute atomic E-state index is 0.0650. The maximum absolute atomic E-state index is 12.0. The number of carbonyl (C=O) groups excluding carboxylic acids is 1. The normalized spacial score (nSPS) is 18.1. The third-order valence-corrected chi connectivity index (χ3v) is 5.08. The third-order valence-electron chi connectivity index (χ3n) is 3.42. The molecule has 1 N–H and O–H groups in total. The van der Waals surface area contributed by atoms with Crippen LogP contribution in [0.5, 0.6) is 0 Å². The average Bonchev–Trinajstić information content (AvgIpc) is 2.95. The van der Waals surface area contributed by atoms with E-state index in [0.717, 1.165) is 35.0 Å². The van der Waals surface area contributed by atoms with Crippen LogP contribution in [0.15, 0.2) is 22.0 Å². The van der Waals surface area contributed by atoms with Crippen molar-refractivity contribution in [3.63, 3.8) is 0 Å². The van der Waals surface area contributed by atoms with Crippen LogP contribution in [0.3, 0.4) is 0 Å². The van der Waals surface area contributed by atoms with Crippen LogP contribution in [0.4, 0.5) is 0 Å². The zero-order chi connectivity index (χ0) is 13.9. The summed E-state index contributed by atoms with van der Waals surface area (Å²) in [4.78, 5) is 14.6. The van der Waals surface area contributed by atoms with Crippen molar-refractivity contribution in [1.29, 1.82) is 0 Å². The Morgan fingerprint density at radius 2 is 2.26 bits per heavy atom. The van der Waals surface area contributed by atoms with Crippen LogP contribution < -0.4 is 0 Å². The van der Waals surface area contributed by atoms with Gasteiger partial charge in [-0.05, 0) is 40.9 Å². The molecule has 0 bridgehead atoms. The van der Waals surface area contributed by atoms with Gasteiger partial charge in [0, 0.05) is 34.4 Å². The number of amides is 1. The van der Waals surface area contributed by atoms with Crippen LogP contribution in [0.2, 0.25) is 0 Å². The van der Waals surface area contributed by atoms with Gasteiger partial charge < -0.3 is 10.0 Å². The number of hydrogen-bond acceptors (Lipinski definition) is 3. The summed E-state index contributed by atoms with van der Waals surface area (Å²) >= 11 is 4.96. The topological polar surface area (TPSA) is 40.5 Å². The lowest BCUT2D eigenvalue weighted by molar-refractivity contribution is -0.127. The average molecular weight is 344 g/mol. The van der Waals surface area contributed by atoms with Crippen LogP contribution in [0.25, 0.3) is 6.08 Å². The van der Waals surface area contributed by atoms with Gasteiger partial charge in [0.25, 0.3) is 0 Å². The van der Waals surface area contributed by atoms with Crippen molar-refractivity contribution in [3.8, 4) is 0 Å². The fourth-order valence-electron chi connectivity index (χ4n) is 2.41. The molecule has 1 aromatic heterocycles. The Morgan fingerprint density at radius 3 is 2.84 bits per heavy atom. The monoisotopic (exact) mass is 343 g/mol. The van der Waals surface area contributed by atoms with Gasteiger partial charge in [0.05, 0.1) is 5.60 Å². The highest BCUT2D eigenvalue weighted by atomic mass is 79.9. The Labute approximate surface area is 126 Å². The number of hydrogen-bond donors (Lipinski definition) is 1. The Hall–Kier alpha value is -0.650. The second-order valence-electron chi connectivity index (χ2n) is 5.13. The highest BCUT2D eigenvalue weighted by Crippen LogP contribution is 2.30. The van der Waals surface area contributed by atoms with Crippen LogP contribution in [0, 0.1) is 0 Å². The first-order valence-corrected chi connectivity index (χ1v) is 8.05. The molecular weight excluding hydrogens is 326 g/mol. The zero-order valence-electron chi connectivity index (χ0n) is 10.9. The van der Waals surface area contributed by atoms with Gasteiger partial charge >= 0.3 is 0 Å². The molecule has 1 aromatic rings. The van der Waals surface area contributed by atoms with Gasteiger partial charge in [0.1, 0.15) is 0 Å². The summed E-state index contributed by atoms with van der Waals surface area (Å²) in [6.45, 7) is 0.421. The molecule has 0 unspecified atom stereocenters. The molecule has 0 radical (unpaired) electrons. The van der Waals surface area contributed by atoms with Crippen molar-refractivity contribution in [2.45, 2.75) is 31.3 Å². The standard InChI is InChI=1S/C14H18BrNO2S/c1-16(10-14(18)6-2-3-7-14)13(17)5-4-12-8-11(15)9-19-12/h4-5,8-9,18H,2-3,6-7,10H2,1H3/b5-4+. The number of rotatable bonds is 4. The lowest BCUT2D eigenvalue weighted by Gasteiger charge is -2.27. The molecule has 0 spiro atoms. The smallest absolute Gasteiger partial charge is 0.246 e. The maximum atomic E-state index is 12.0. The van der Waals surface area contributed by atoms with Gasteiger partial charge in [-0.25, -0.2) is 0 Å². The van der Waals surface area contributed by atoms with E-state index >= 15 is 0 Å². The van der Waals surface area contributed by atoms with Crippen LogP contribution in [-0.2, 0) is 4.79 Å². The highest BCUT2D eigenvalue weighted by molar-refractivity contribution is 9.10. The minimum atomic E-state index is -0.676. The molecule has 2 rings (SSSR count). The van der Waals surface area contributed by atoms with Crippen molar-refractivity contribution in [2.75, 3.05) is 13.6 Å². The van der Waals surface area contributed by atoms with Gasteiger partial charge in [0.2, 0.25) is 5.91 Å². The Morgan fingerprint density at radius 1 is 1.58 bits per heavy atom. The van der Waals surface area contributed by atoms with Crippen LogP contribution in [-0.4, -0.2) is 35.1 Å². The number of carbonyl (C=O) groups is 1. The lowest BCUT2D eigenvalue weighted by Crippen LogP contribution is -2.41. The first-order valence-electron chi connectivity index (χ1n) is 6.38. The van der Waals surface area contributed by atoms with E-state index in [0.29, 0.717) is 6.54 Å². The molecule has 0 saturated heterocycles. The molecule has 0 aliphatic heterocycles. The number of halogens is 1. The van der Waals surface area contributed by atoms with Gasteiger partial charge in [-0.3, -0.25) is 4.79 Å². The van der Waals surface area contributed by atoms with Crippen molar-refractivity contribution in [1.82, 2.24) is 4.90 Å². The summed E-state index contributed by atoms with van der Waals surface area (Å²) in [5.74, 6) is -0.0650. The quantitative estimate of drug-likeness (QED) is 0.852. The molecule has 5 heteroatoms. The molecule has 1 saturated carbocycles. The van der Waals surface area contributed by atoms with E-state index in [2.05, 4.69) is 15.9 Å². The van der Waals surface area contributed by atoms with E-state index in [1.165, 1.54) is 0 Å². The fraction of sp³-hybridized carbons (Fsp3) is 0.500. The van der Waals surface area contributed by atoms with Crippen LogP contribution in [0.1, 0.15) is 30.6 Å². The van der Waals surface area contributed by atoms with E-state index < -0.39 is 5.60 Å². The lowest BCUT2D eigenvalue weighted by atomic mass is 10.0. The van der Waals surface area contributed by atoms with Gasteiger partial charge in [0.15, 0.2) is 0 Å². The van der Waals surface area contributed by atoms with Crippen LogP contribution >= 0.6 is 27.3 Å². The molecule has 1 amide bonds. The summed E-state index contributed by atoms with van der Waals surface area (Å²) < 4.78 is 1.03. The second-order valence-corrected chi connectivity index (χ2v) is 6.98. The Bertz CT molecular complexity index is 478. The minimum Gasteiger partial charge on any atom is -0.388 e. The number of nitrogens with zero attached hydrogens (tertiary/aromatic N) is 1. The van der Waals surface area contributed by atoms with E-state index in [1.807, 2.05) is 17.5 Å². The molecular formula is C14H18BrNO2S. The van der Waals surface area contributed by atoms with Crippen molar-refractivity contribution < 1.29 is 9.90 Å². The Balaban J connectivity index is 1.90. The summed E-state index contributed by atoms with van der Waals surface area (Å²) in [5.41, 5.74) is -0.676. The third kappa shape index (κ3) is 4.16. The molecule has 1 aliphatic carbocycles. The van der Waals surface area contributed by atoms with E-state index in [1.54, 1.807) is 29.4 Å². The molecule has 1 fully saturated rings. The first kappa shape index (κ1) is 14.8. The second kappa shape index (κ2) is 6.20. The number of likely N-dealkylation sites (N-methyl/N-ethyl adjacent to an activating group) is 1. The SMILES string of the molecule is CN(CC1(O)CCCC1)C(=O)/C=C/c1cc(Br)cs1. The summed E-state index contributed by atoms with van der Waals surface area (Å²) in [5, 5.41) is 12.3. The van der Waals surface area contributed by atoms with Gasteiger partial charge in [-0.1, -0.05) is 12.8 Å². The summed E-state index contributed by atoms with van der Waals surface area (Å²) in [7, 11) is 1.74. The number of thiophene rings is 1. The molecule has 1 aliphatic rings. The largest absolute Gasteiger partial charge is 0.388 e. The summed E-state index contributed by atoms with van der Waals surface area (Å²) in [6.07, 6.45) is 7.08. The maximum Gasteiger partial charge on any atom is 0.246 e. The molecule has 0 aromatic carbocycles. The van der Waals surface area contributed by atoms with Crippen molar-refractivity contribution in [2.24, 2.45) is 0 Å². The fourth-order valence-corrected chi connectivity index (χ4v) is 3.74. The molecule has 0 atom stereocenters. The number of aliphatic hydroxyl groups is 1. The van der Waals surface area contributed by atoms with E-state index in [9.17, 15) is 9.90 Å². The predicted octanol–water partition coefficient (Wildman–Crippen LogP) is 3.29. The van der Waals surface area contributed by atoms with Crippen molar-refractivity contribution >= 4 is 39.2 Å². The predicted molar refractivity (Wildman–Crippen MR) is 82.1 cm³/mol. The molecule has 3 nitrogen and oxygen atoms in total. The molecule has 104 valence electrons. The van der Waals surface area contributed by atoms with Gasteiger partial charge in [-0.15, -0.1) is 11.3 Å². The summed E-state index contributed by atoms with van der Waals surface area (Å²) in [6, 6.07) is 1.97. The Kier molecular flexibility index (Phi) is 4.81.